The summed E-state index contributed by atoms with van der Waals surface area (Å²) in [5.74, 6) is -0.114. The molecule has 6 nitrogen and oxygen atoms in total. The third-order valence-corrected chi connectivity index (χ3v) is 6.24. The first-order valence-electron chi connectivity index (χ1n) is 8.57. The maximum absolute atomic E-state index is 12.2. The first-order chi connectivity index (χ1) is 13.2. The number of thiazole rings is 1. The van der Waals surface area contributed by atoms with E-state index in [1.54, 1.807) is 12.1 Å². The lowest BCUT2D eigenvalue weighted by atomic mass is 10.1. The van der Waals surface area contributed by atoms with Gasteiger partial charge in [0, 0.05) is 23.7 Å². The molecular weight excluding hydrogens is 394 g/mol. The second kappa shape index (κ2) is 8.12. The molecule has 2 aromatic carbocycles. The van der Waals surface area contributed by atoms with Gasteiger partial charge in [0.15, 0.2) is 0 Å². The van der Waals surface area contributed by atoms with E-state index < -0.39 is 10.0 Å². The van der Waals surface area contributed by atoms with Crippen LogP contribution in [0.25, 0.3) is 11.3 Å². The number of carbonyl (C=O) groups excluding carboxylic acids is 1. The fourth-order valence-electron chi connectivity index (χ4n) is 2.62. The number of anilines is 2. The summed E-state index contributed by atoms with van der Waals surface area (Å²) in [6.07, 6.45) is 1.36. The average Bonchev–Trinajstić information content (AvgIpc) is 3.08. The van der Waals surface area contributed by atoms with Crippen LogP contribution < -0.4 is 9.62 Å². The number of carbonyl (C=O) groups is 1. The quantitative estimate of drug-likeness (QED) is 0.666. The van der Waals surface area contributed by atoms with Crippen molar-refractivity contribution in [2.24, 2.45) is 0 Å². The minimum Gasteiger partial charge on any atom is -0.326 e. The van der Waals surface area contributed by atoms with Crippen molar-refractivity contribution in [2.75, 3.05) is 22.9 Å². The molecular formula is C20H21N3O3S2. The monoisotopic (exact) mass is 415 g/mol. The molecule has 1 amide bonds. The van der Waals surface area contributed by atoms with Gasteiger partial charge in [-0.15, -0.1) is 11.3 Å². The highest BCUT2D eigenvalue weighted by atomic mass is 32.2. The van der Waals surface area contributed by atoms with Crippen molar-refractivity contribution < 1.29 is 13.2 Å². The largest absolute Gasteiger partial charge is 0.326 e. The van der Waals surface area contributed by atoms with E-state index >= 15 is 0 Å². The molecule has 3 rings (SSSR count). The molecule has 8 heteroatoms. The molecule has 0 unspecified atom stereocenters. The van der Waals surface area contributed by atoms with Crippen LogP contribution in [0.15, 0.2) is 53.9 Å². The third kappa shape index (κ3) is 4.96. The van der Waals surface area contributed by atoms with Crippen LogP contribution in [0.5, 0.6) is 0 Å². The number of rotatable bonds is 6. The summed E-state index contributed by atoms with van der Waals surface area (Å²) in [6, 6.07) is 14.8. The number of nitrogens with zero attached hydrogens (tertiary/aromatic N) is 2. The Hall–Kier alpha value is -2.71. The summed E-state index contributed by atoms with van der Waals surface area (Å²) in [5.41, 5.74) is 4.06. The van der Waals surface area contributed by atoms with E-state index in [1.165, 1.54) is 22.7 Å². The van der Waals surface area contributed by atoms with Gasteiger partial charge in [0.05, 0.1) is 24.1 Å². The topological polar surface area (TPSA) is 79.4 Å². The normalized spacial score (nSPS) is 11.2. The Labute approximate surface area is 168 Å². The second-order valence-corrected chi connectivity index (χ2v) is 9.45. The smallest absolute Gasteiger partial charge is 0.231 e. The van der Waals surface area contributed by atoms with Crippen molar-refractivity contribution in [2.45, 2.75) is 13.3 Å². The zero-order chi connectivity index (χ0) is 20.3. The Bertz CT molecular complexity index is 1090. The van der Waals surface area contributed by atoms with Gasteiger partial charge >= 0.3 is 0 Å². The van der Waals surface area contributed by atoms with Crippen LogP contribution >= 0.6 is 11.3 Å². The highest BCUT2D eigenvalue weighted by Gasteiger charge is 2.13. The van der Waals surface area contributed by atoms with E-state index in [0.717, 1.165) is 33.8 Å². The number of hydrogen-bond acceptors (Lipinski definition) is 5. The fraction of sp³-hybridized carbons (Fsp3) is 0.200. The molecule has 0 radical (unpaired) electrons. The van der Waals surface area contributed by atoms with Crippen LogP contribution in [0.4, 0.5) is 11.4 Å². The van der Waals surface area contributed by atoms with Crippen molar-refractivity contribution in [3.8, 4) is 11.3 Å². The summed E-state index contributed by atoms with van der Waals surface area (Å²) in [5, 5.41) is 5.49. The molecule has 1 heterocycles. The molecule has 0 aliphatic rings. The average molecular weight is 416 g/mol. The minimum atomic E-state index is -3.30. The first-order valence-corrected chi connectivity index (χ1v) is 11.3. The lowest BCUT2D eigenvalue weighted by Crippen LogP contribution is -2.24. The molecule has 0 atom stereocenters. The van der Waals surface area contributed by atoms with Crippen LogP contribution in [0, 0.1) is 6.92 Å². The number of benzene rings is 2. The molecule has 0 saturated carbocycles. The number of nitrogens with one attached hydrogen (secondary N) is 1. The minimum absolute atomic E-state index is 0.114. The number of hydrogen-bond donors (Lipinski definition) is 1. The van der Waals surface area contributed by atoms with Gasteiger partial charge in [0.25, 0.3) is 0 Å². The van der Waals surface area contributed by atoms with Crippen molar-refractivity contribution in [1.29, 1.82) is 0 Å². The van der Waals surface area contributed by atoms with Gasteiger partial charge < -0.3 is 5.32 Å². The molecule has 0 saturated heterocycles. The Morgan fingerprint density at radius 3 is 2.54 bits per heavy atom. The second-order valence-electron chi connectivity index (χ2n) is 6.50. The number of aryl methyl sites for hydroxylation is 1. The van der Waals surface area contributed by atoms with Gasteiger partial charge in [-0.1, -0.05) is 24.3 Å². The molecule has 28 heavy (non-hydrogen) atoms. The Morgan fingerprint density at radius 2 is 1.89 bits per heavy atom. The number of sulfonamides is 1. The molecule has 0 aliphatic heterocycles. The first kappa shape index (κ1) is 20.0. The summed E-state index contributed by atoms with van der Waals surface area (Å²) in [4.78, 5) is 16.8. The molecule has 0 fully saturated rings. The fourth-order valence-corrected chi connectivity index (χ4v) is 3.93. The zero-order valence-electron chi connectivity index (χ0n) is 15.8. The standard InChI is InChI=1S/C20H21N3O3S2/c1-14-5-4-6-16(11-14)21-19(24)12-20-22-18(13-27-20)15-7-9-17(10-8-15)23(2)28(3,25)26/h4-11,13H,12H2,1-3H3,(H,21,24). The van der Waals surface area contributed by atoms with E-state index in [9.17, 15) is 13.2 Å². The SMILES string of the molecule is Cc1cccc(NC(=O)Cc2nc(-c3ccc(N(C)S(C)(=O)=O)cc3)cs2)c1. The highest BCUT2D eigenvalue weighted by molar-refractivity contribution is 7.92. The number of amides is 1. The molecule has 1 aromatic heterocycles. The Balaban J connectivity index is 1.67. The molecule has 146 valence electrons. The van der Waals surface area contributed by atoms with E-state index in [4.69, 9.17) is 0 Å². The van der Waals surface area contributed by atoms with Gasteiger partial charge in [-0.25, -0.2) is 13.4 Å². The van der Waals surface area contributed by atoms with Crippen molar-refractivity contribution in [3.63, 3.8) is 0 Å². The molecule has 0 spiro atoms. The molecule has 1 N–H and O–H groups in total. The van der Waals surface area contributed by atoms with E-state index in [-0.39, 0.29) is 12.3 Å². The third-order valence-electron chi connectivity index (χ3n) is 4.19. The van der Waals surface area contributed by atoms with E-state index in [1.807, 2.05) is 48.7 Å². The van der Waals surface area contributed by atoms with Gasteiger partial charge in [-0.3, -0.25) is 9.10 Å². The molecule has 0 aliphatic carbocycles. The van der Waals surface area contributed by atoms with Crippen LogP contribution in [0.1, 0.15) is 10.6 Å². The van der Waals surface area contributed by atoms with Gasteiger partial charge in [-0.2, -0.15) is 0 Å². The highest BCUT2D eigenvalue weighted by Crippen LogP contribution is 2.25. The van der Waals surface area contributed by atoms with Gasteiger partial charge in [-0.05, 0) is 36.8 Å². The van der Waals surface area contributed by atoms with Crippen molar-refractivity contribution >= 4 is 38.6 Å². The van der Waals surface area contributed by atoms with E-state index in [2.05, 4.69) is 10.3 Å². The van der Waals surface area contributed by atoms with Crippen LogP contribution in [-0.2, 0) is 21.2 Å². The predicted molar refractivity (Wildman–Crippen MR) is 114 cm³/mol. The Kier molecular flexibility index (Phi) is 5.81. The molecule has 3 aromatic rings. The number of aromatic nitrogens is 1. The van der Waals surface area contributed by atoms with Crippen LogP contribution in [-0.4, -0.2) is 32.6 Å². The lowest BCUT2D eigenvalue weighted by molar-refractivity contribution is -0.115. The van der Waals surface area contributed by atoms with Crippen molar-refractivity contribution in [3.05, 3.63) is 64.5 Å². The maximum atomic E-state index is 12.2. The summed E-state index contributed by atoms with van der Waals surface area (Å²) >= 11 is 1.42. The lowest BCUT2D eigenvalue weighted by Gasteiger charge is -2.16. The van der Waals surface area contributed by atoms with Crippen LogP contribution in [0.3, 0.4) is 0 Å². The molecule has 0 bridgehead atoms. The predicted octanol–water partition coefficient (Wildman–Crippen LogP) is 3.70. The maximum Gasteiger partial charge on any atom is 0.231 e. The van der Waals surface area contributed by atoms with Gasteiger partial charge in [0.1, 0.15) is 5.01 Å². The van der Waals surface area contributed by atoms with E-state index in [0.29, 0.717) is 5.69 Å². The summed E-state index contributed by atoms with van der Waals surface area (Å²) in [7, 11) is -1.78. The van der Waals surface area contributed by atoms with Crippen LogP contribution in [0.2, 0.25) is 0 Å². The summed E-state index contributed by atoms with van der Waals surface area (Å²) < 4.78 is 24.5. The van der Waals surface area contributed by atoms with Crippen molar-refractivity contribution in [1.82, 2.24) is 4.98 Å². The summed E-state index contributed by atoms with van der Waals surface area (Å²) in [6.45, 7) is 1.97. The van der Waals surface area contributed by atoms with Gasteiger partial charge in [0.2, 0.25) is 15.9 Å². The Morgan fingerprint density at radius 1 is 1.18 bits per heavy atom. The zero-order valence-corrected chi connectivity index (χ0v) is 17.5.